The summed E-state index contributed by atoms with van der Waals surface area (Å²) >= 11 is 16.3. The van der Waals surface area contributed by atoms with E-state index in [0.29, 0.717) is 5.76 Å². The van der Waals surface area contributed by atoms with Crippen LogP contribution in [0.25, 0.3) is 0 Å². The van der Waals surface area contributed by atoms with Crippen molar-refractivity contribution in [2.45, 2.75) is 10.7 Å². The third kappa shape index (κ3) is 1.78. The quantitative estimate of drug-likeness (QED) is 0.602. The molecule has 0 saturated heterocycles. The zero-order chi connectivity index (χ0) is 7.78. The van der Waals surface area contributed by atoms with Crippen LogP contribution in [0.4, 0.5) is 0 Å². The monoisotopic (exact) mass is 199 g/mol. The Hall–Kier alpha value is 0.0800. The molecule has 0 aromatic carbocycles. The molecular formula is C5H4Cl3NO. The molecule has 0 aliphatic heterocycles. The molecule has 5 heteroatoms. The minimum atomic E-state index is -1.55. The van der Waals surface area contributed by atoms with Crippen LogP contribution in [0.15, 0.2) is 10.6 Å². The van der Waals surface area contributed by atoms with Crippen LogP contribution in [0.5, 0.6) is 0 Å². The van der Waals surface area contributed by atoms with E-state index in [9.17, 15) is 0 Å². The van der Waals surface area contributed by atoms with Crippen molar-refractivity contribution < 1.29 is 4.42 Å². The topological polar surface area (TPSA) is 26.0 Å². The minimum Gasteiger partial charge on any atom is -0.442 e. The standard InChI is InChI=1S/C5H4Cl3NO/c1-3-2-9-4(10-3)5(6,7)8/h2H,1H3. The number of halogens is 3. The van der Waals surface area contributed by atoms with Gasteiger partial charge in [-0.3, -0.25) is 0 Å². The summed E-state index contributed by atoms with van der Waals surface area (Å²) in [6.07, 6.45) is 1.50. The van der Waals surface area contributed by atoms with Gasteiger partial charge >= 0.3 is 0 Å². The SMILES string of the molecule is Cc1cnc(C(Cl)(Cl)Cl)o1. The summed E-state index contributed by atoms with van der Waals surface area (Å²) in [5, 5.41) is 0. The van der Waals surface area contributed by atoms with E-state index in [4.69, 9.17) is 39.2 Å². The van der Waals surface area contributed by atoms with E-state index in [1.54, 1.807) is 6.92 Å². The number of oxazole rings is 1. The molecule has 10 heavy (non-hydrogen) atoms. The third-order valence-corrected chi connectivity index (χ3v) is 1.35. The van der Waals surface area contributed by atoms with Gasteiger partial charge in [-0.1, -0.05) is 34.8 Å². The fourth-order valence-corrected chi connectivity index (χ4v) is 0.748. The Morgan fingerprint density at radius 3 is 2.30 bits per heavy atom. The van der Waals surface area contributed by atoms with Crippen molar-refractivity contribution in [2.75, 3.05) is 0 Å². The Bertz CT molecular complexity index is 227. The van der Waals surface area contributed by atoms with Crippen molar-refractivity contribution in [1.82, 2.24) is 4.98 Å². The van der Waals surface area contributed by atoms with Gasteiger partial charge in [0.05, 0.1) is 6.20 Å². The van der Waals surface area contributed by atoms with E-state index < -0.39 is 3.79 Å². The van der Waals surface area contributed by atoms with Crippen molar-refractivity contribution >= 4 is 34.8 Å². The molecule has 0 aliphatic rings. The highest BCUT2D eigenvalue weighted by Crippen LogP contribution is 2.37. The molecule has 1 aromatic rings. The number of alkyl halides is 3. The van der Waals surface area contributed by atoms with Gasteiger partial charge in [0.1, 0.15) is 5.76 Å². The highest BCUT2D eigenvalue weighted by Gasteiger charge is 2.28. The maximum absolute atomic E-state index is 5.45. The first-order chi connectivity index (χ1) is 4.50. The molecule has 1 heterocycles. The van der Waals surface area contributed by atoms with Gasteiger partial charge in [0.25, 0.3) is 3.79 Å². The molecule has 2 nitrogen and oxygen atoms in total. The lowest BCUT2D eigenvalue weighted by molar-refractivity contribution is 0.478. The highest BCUT2D eigenvalue weighted by molar-refractivity contribution is 6.66. The van der Waals surface area contributed by atoms with Crippen LogP contribution in [0.1, 0.15) is 11.7 Å². The fourth-order valence-electron chi connectivity index (χ4n) is 0.486. The molecule has 0 radical (unpaired) electrons. The first-order valence-electron chi connectivity index (χ1n) is 2.50. The van der Waals surface area contributed by atoms with Crippen molar-refractivity contribution in [3.8, 4) is 0 Å². The zero-order valence-electron chi connectivity index (χ0n) is 5.07. The summed E-state index contributed by atoms with van der Waals surface area (Å²) < 4.78 is 3.39. The van der Waals surface area contributed by atoms with Crippen molar-refractivity contribution in [3.63, 3.8) is 0 Å². The molecule has 1 aromatic heterocycles. The van der Waals surface area contributed by atoms with Gasteiger partial charge in [-0.05, 0) is 6.92 Å². The van der Waals surface area contributed by atoms with Gasteiger partial charge in [0.15, 0.2) is 0 Å². The normalized spacial score (nSPS) is 12.0. The first-order valence-corrected chi connectivity index (χ1v) is 3.63. The Morgan fingerprint density at radius 2 is 2.10 bits per heavy atom. The van der Waals surface area contributed by atoms with E-state index >= 15 is 0 Å². The molecule has 0 bridgehead atoms. The molecule has 1 rings (SSSR count). The average Bonchev–Trinajstić information content (AvgIpc) is 2.11. The lowest BCUT2D eigenvalue weighted by Gasteiger charge is -2.02. The Morgan fingerprint density at radius 1 is 1.50 bits per heavy atom. The largest absolute Gasteiger partial charge is 0.442 e. The second-order valence-corrected chi connectivity index (χ2v) is 4.06. The van der Waals surface area contributed by atoms with Crippen LogP contribution >= 0.6 is 34.8 Å². The number of nitrogens with zero attached hydrogens (tertiary/aromatic N) is 1. The summed E-state index contributed by atoms with van der Waals surface area (Å²) in [6, 6.07) is 0. The summed E-state index contributed by atoms with van der Waals surface area (Å²) in [4.78, 5) is 3.72. The molecule has 0 unspecified atom stereocenters. The number of rotatable bonds is 0. The molecular weight excluding hydrogens is 196 g/mol. The zero-order valence-corrected chi connectivity index (χ0v) is 7.33. The van der Waals surface area contributed by atoms with E-state index in [-0.39, 0.29) is 5.89 Å². The van der Waals surface area contributed by atoms with Crippen LogP contribution in [0, 0.1) is 6.92 Å². The smallest absolute Gasteiger partial charge is 0.266 e. The maximum atomic E-state index is 5.45. The van der Waals surface area contributed by atoms with E-state index in [2.05, 4.69) is 4.98 Å². The predicted molar refractivity (Wildman–Crippen MR) is 40.5 cm³/mol. The maximum Gasteiger partial charge on any atom is 0.266 e. The van der Waals surface area contributed by atoms with E-state index in [0.717, 1.165) is 0 Å². The lowest BCUT2D eigenvalue weighted by Crippen LogP contribution is -1.99. The van der Waals surface area contributed by atoms with Crippen LogP contribution in [-0.4, -0.2) is 4.98 Å². The van der Waals surface area contributed by atoms with Gasteiger partial charge < -0.3 is 4.42 Å². The molecule has 0 spiro atoms. The van der Waals surface area contributed by atoms with Gasteiger partial charge in [0.2, 0.25) is 5.89 Å². The van der Waals surface area contributed by atoms with E-state index in [1.165, 1.54) is 6.20 Å². The molecule has 0 atom stereocenters. The Kier molecular flexibility index (Phi) is 2.13. The van der Waals surface area contributed by atoms with Crippen molar-refractivity contribution in [2.24, 2.45) is 0 Å². The number of aromatic nitrogens is 1. The first kappa shape index (κ1) is 8.18. The number of hydrogen-bond acceptors (Lipinski definition) is 2. The highest BCUT2D eigenvalue weighted by atomic mass is 35.6. The molecule has 56 valence electrons. The van der Waals surface area contributed by atoms with Crippen LogP contribution < -0.4 is 0 Å². The lowest BCUT2D eigenvalue weighted by atomic mass is 10.6. The second kappa shape index (κ2) is 2.61. The Labute approximate surface area is 73.1 Å². The summed E-state index contributed by atoms with van der Waals surface area (Å²) in [7, 11) is 0. The van der Waals surface area contributed by atoms with Crippen LogP contribution in [-0.2, 0) is 3.79 Å². The van der Waals surface area contributed by atoms with Gasteiger partial charge in [-0.25, -0.2) is 4.98 Å². The van der Waals surface area contributed by atoms with Gasteiger partial charge in [0, 0.05) is 0 Å². The summed E-state index contributed by atoms with van der Waals surface area (Å²) in [5.74, 6) is 0.733. The van der Waals surface area contributed by atoms with Crippen molar-refractivity contribution in [3.05, 3.63) is 17.8 Å². The van der Waals surface area contributed by atoms with Crippen LogP contribution in [0.3, 0.4) is 0 Å². The minimum absolute atomic E-state index is 0.106. The van der Waals surface area contributed by atoms with E-state index in [1.807, 2.05) is 0 Å². The summed E-state index contributed by atoms with van der Waals surface area (Å²) in [6.45, 7) is 1.73. The molecule has 0 N–H and O–H groups in total. The average molecular weight is 200 g/mol. The van der Waals surface area contributed by atoms with Gasteiger partial charge in [-0.2, -0.15) is 0 Å². The second-order valence-electron chi connectivity index (χ2n) is 1.77. The number of hydrogen-bond donors (Lipinski definition) is 0. The summed E-state index contributed by atoms with van der Waals surface area (Å²) in [5.41, 5.74) is 0. The van der Waals surface area contributed by atoms with Crippen molar-refractivity contribution in [1.29, 1.82) is 0 Å². The molecule has 0 aliphatic carbocycles. The molecule has 0 fully saturated rings. The Balaban J connectivity index is 2.96. The van der Waals surface area contributed by atoms with Gasteiger partial charge in [-0.15, -0.1) is 0 Å². The number of aryl methyl sites for hydroxylation is 1. The fraction of sp³-hybridized carbons (Fsp3) is 0.400. The molecule has 0 amide bonds. The molecule has 0 saturated carbocycles. The third-order valence-electron chi connectivity index (χ3n) is 0.864. The van der Waals surface area contributed by atoms with Crippen LogP contribution in [0.2, 0.25) is 0 Å². The predicted octanol–water partition coefficient (Wildman–Crippen LogP) is 2.81.